The number of hydrogen-bond acceptors (Lipinski definition) is 5. The Morgan fingerprint density at radius 1 is 1.24 bits per heavy atom. The first-order chi connectivity index (χ1) is 16.3. The van der Waals surface area contributed by atoms with Gasteiger partial charge in [-0.25, -0.2) is 4.98 Å². The van der Waals surface area contributed by atoms with E-state index in [4.69, 9.17) is 9.72 Å². The minimum absolute atomic E-state index is 0.230. The predicted octanol–water partition coefficient (Wildman–Crippen LogP) is 4.51. The van der Waals surface area contributed by atoms with Gasteiger partial charge in [0.15, 0.2) is 5.16 Å². The monoisotopic (exact) mass is 488 g/mol. The molecule has 4 aromatic rings. The maximum Gasteiger partial charge on any atom is 0.418 e. The highest BCUT2D eigenvalue weighted by Gasteiger charge is 2.33. The van der Waals surface area contributed by atoms with Gasteiger partial charge in [-0.1, -0.05) is 23.9 Å². The van der Waals surface area contributed by atoms with E-state index in [-0.39, 0.29) is 23.3 Å². The van der Waals surface area contributed by atoms with Gasteiger partial charge in [0, 0.05) is 17.7 Å². The molecule has 1 aliphatic rings. The van der Waals surface area contributed by atoms with Gasteiger partial charge >= 0.3 is 6.18 Å². The molecule has 34 heavy (non-hydrogen) atoms. The van der Waals surface area contributed by atoms with Crippen LogP contribution in [-0.4, -0.2) is 32.9 Å². The van der Waals surface area contributed by atoms with E-state index in [0.717, 1.165) is 18.2 Å². The summed E-state index contributed by atoms with van der Waals surface area (Å²) >= 11 is 1.49. The van der Waals surface area contributed by atoms with E-state index < -0.39 is 17.6 Å². The van der Waals surface area contributed by atoms with Crippen molar-refractivity contribution >= 4 is 45.3 Å². The van der Waals surface area contributed by atoms with Crippen molar-refractivity contribution in [2.45, 2.75) is 30.8 Å². The van der Waals surface area contributed by atoms with E-state index in [0.29, 0.717) is 33.9 Å². The van der Waals surface area contributed by atoms with Crippen LogP contribution in [0.4, 0.5) is 18.9 Å². The zero-order valence-electron chi connectivity index (χ0n) is 18.0. The second-order valence-corrected chi connectivity index (χ2v) is 8.87. The standard InChI is InChI=1S/C23H19F3N4O3S/c1-33-13-7-8-17-14(11-13)19-20(21(32)29-9-4-10-34-22(29)28-19)30(17)12-18(31)27-16-6-3-2-5-15(16)23(24,25)26/h2-3,5-8,11H,4,9-10,12H2,1H3,(H,27,31). The molecule has 0 atom stereocenters. The number of carbonyl (C=O) groups is 1. The molecule has 0 aliphatic carbocycles. The van der Waals surface area contributed by atoms with Crippen LogP contribution in [0.25, 0.3) is 21.9 Å². The normalized spacial score (nSPS) is 13.8. The Bertz CT molecular complexity index is 1490. The summed E-state index contributed by atoms with van der Waals surface area (Å²) in [4.78, 5) is 31.0. The molecule has 0 radical (unpaired) electrons. The van der Waals surface area contributed by atoms with Gasteiger partial charge < -0.3 is 14.6 Å². The van der Waals surface area contributed by atoms with Crippen LogP contribution < -0.4 is 15.6 Å². The van der Waals surface area contributed by atoms with E-state index in [1.165, 1.54) is 41.6 Å². The molecule has 11 heteroatoms. The first-order valence-electron chi connectivity index (χ1n) is 10.5. The fraction of sp³-hybridized carbons (Fsp3) is 0.261. The van der Waals surface area contributed by atoms with Crippen LogP contribution >= 0.6 is 11.8 Å². The fourth-order valence-corrected chi connectivity index (χ4v) is 5.12. The Kier molecular flexibility index (Phi) is 5.51. The zero-order chi connectivity index (χ0) is 24.0. The second kappa shape index (κ2) is 8.39. The molecular weight excluding hydrogens is 469 g/mol. The van der Waals surface area contributed by atoms with Crippen LogP contribution in [0.1, 0.15) is 12.0 Å². The van der Waals surface area contributed by atoms with Gasteiger partial charge in [-0.05, 0) is 36.8 Å². The topological polar surface area (TPSA) is 78.2 Å². The van der Waals surface area contributed by atoms with Gasteiger partial charge in [0.2, 0.25) is 5.91 Å². The average Bonchev–Trinajstić information content (AvgIpc) is 3.11. The summed E-state index contributed by atoms with van der Waals surface area (Å²) in [7, 11) is 1.52. The predicted molar refractivity (Wildman–Crippen MR) is 123 cm³/mol. The van der Waals surface area contributed by atoms with Gasteiger partial charge in [-0.2, -0.15) is 13.2 Å². The van der Waals surface area contributed by atoms with Gasteiger partial charge in [-0.15, -0.1) is 0 Å². The highest BCUT2D eigenvalue weighted by atomic mass is 32.2. The lowest BCUT2D eigenvalue weighted by molar-refractivity contribution is -0.137. The summed E-state index contributed by atoms with van der Waals surface area (Å²) in [6.07, 6.45) is -3.81. The molecule has 1 N–H and O–H groups in total. The van der Waals surface area contributed by atoms with E-state index in [2.05, 4.69) is 5.32 Å². The van der Waals surface area contributed by atoms with Crippen molar-refractivity contribution in [2.24, 2.45) is 0 Å². The van der Waals surface area contributed by atoms with Gasteiger partial charge in [0.1, 0.15) is 23.3 Å². The Labute approximate surface area is 195 Å². The molecule has 7 nitrogen and oxygen atoms in total. The van der Waals surface area contributed by atoms with Crippen molar-refractivity contribution < 1.29 is 22.7 Å². The molecule has 1 amide bonds. The molecule has 0 spiro atoms. The minimum Gasteiger partial charge on any atom is -0.497 e. The second-order valence-electron chi connectivity index (χ2n) is 7.81. The number of thioether (sulfide) groups is 1. The van der Waals surface area contributed by atoms with Crippen LogP contribution in [0, 0.1) is 0 Å². The number of aromatic nitrogens is 3. The van der Waals surface area contributed by atoms with Crippen molar-refractivity contribution in [3.63, 3.8) is 0 Å². The van der Waals surface area contributed by atoms with E-state index in [1.807, 2.05) is 0 Å². The molecule has 2 aromatic carbocycles. The number of hydrogen-bond donors (Lipinski definition) is 1. The summed E-state index contributed by atoms with van der Waals surface area (Å²) in [5.74, 6) is 0.714. The Hall–Kier alpha value is -3.47. The largest absolute Gasteiger partial charge is 0.497 e. The van der Waals surface area contributed by atoms with Crippen LogP contribution in [0.3, 0.4) is 0 Å². The van der Waals surface area contributed by atoms with Crippen molar-refractivity contribution in [3.05, 3.63) is 58.4 Å². The van der Waals surface area contributed by atoms with E-state index in [1.54, 1.807) is 22.8 Å². The smallest absolute Gasteiger partial charge is 0.418 e. The third-order valence-electron chi connectivity index (χ3n) is 5.70. The van der Waals surface area contributed by atoms with E-state index in [9.17, 15) is 22.8 Å². The number of amides is 1. The summed E-state index contributed by atoms with van der Waals surface area (Å²) in [5.41, 5.74) is -0.343. The number of nitrogens with one attached hydrogen (secondary N) is 1. The molecule has 176 valence electrons. The number of para-hydroxylation sites is 1. The maximum absolute atomic E-state index is 13.4. The quantitative estimate of drug-likeness (QED) is 0.428. The summed E-state index contributed by atoms with van der Waals surface area (Å²) in [6.45, 7) is 0.155. The number of fused-ring (bicyclic) bond motifs is 4. The van der Waals surface area contributed by atoms with Gasteiger partial charge in [0.25, 0.3) is 5.56 Å². The summed E-state index contributed by atoms with van der Waals surface area (Å²) < 4.78 is 48.5. The number of alkyl halides is 3. The molecular formula is C23H19F3N4O3S. The molecule has 0 saturated carbocycles. The highest BCUT2D eigenvalue weighted by molar-refractivity contribution is 7.99. The third-order valence-corrected chi connectivity index (χ3v) is 6.76. The Balaban J connectivity index is 1.63. The number of carbonyl (C=O) groups excluding carboxylic acids is 1. The van der Waals surface area contributed by atoms with Crippen LogP contribution in [-0.2, 0) is 24.1 Å². The van der Waals surface area contributed by atoms with Crippen molar-refractivity contribution in [1.82, 2.24) is 14.1 Å². The first kappa shape index (κ1) is 22.3. The van der Waals surface area contributed by atoms with Crippen molar-refractivity contribution in [1.29, 1.82) is 0 Å². The average molecular weight is 488 g/mol. The molecule has 3 heterocycles. The number of benzene rings is 2. The van der Waals surface area contributed by atoms with Crippen LogP contribution in [0.15, 0.2) is 52.4 Å². The molecule has 0 bridgehead atoms. The maximum atomic E-state index is 13.4. The molecule has 0 saturated heterocycles. The molecule has 1 aliphatic heterocycles. The number of rotatable bonds is 4. The van der Waals surface area contributed by atoms with Gasteiger partial charge in [0.05, 0.1) is 23.9 Å². The first-order valence-corrected chi connectivity index (χ1v) is 11.5. The molecule has 2 aromatic heterocycles. The minimum atomic E-state index is -4.62. The lowest BCUT2D eigenvalue weighted by atomic mass is 10.1. The SMILES string of the molecule is COc1ccc2c(c1)c1nc3n(c(=O)c1n2CC(=O)Nc1ccccc1C(F)(F)F)CCCS3. The van der Waals surface area contributed by atoms with Crippen LogP contribution in [0.5, 0.6) is 5.75 Å². The van der Waals surface area contributed by atoms with Gasteiger partial charge in [-0.3, -0.25) is 14.2 Å². The van der Waals surface area contributed by atoms with E-state index >= 15 is 0 Å². The lowest BCUT2D eigenvalue weighted by Crippen LogP contribution is -2.28. The third kappa shape index (κ3) is 3.79. The number of anilines is 1. The number of methoxy groups -OCH3 is 1. The zero-order valence-corrected chi connectivity index (χ0v) is 18.8. The summed E-state index contributed by atoms with van der Waals surface area (Å²) in [6, 6.07) is 9.92. The number of halogens is 3. The number of ether oxygens (including phenoxy) is 1. The van der Waals surface area contributed by atoms with Crippen molar-refractivity contribution in [3.8, 4) is 5.75 Å². The Morgan fingerprint density at radius 3 is 2.79 bits per heavy atom. The lowest BCUT2D eigenvalue weighted by Gasteiger charge is -2.17. The van der Waals surface area contributed by atoms with Crippen molar-refractivity contribution in [2.75, 3.05) is 18.2 Å². The Morgan fingerprint density at radius 2 is 2.03 bits per heavy atom. The molecule has 0 fully saturated rings. The fourth-order valence-electron chi connectivity index (χ4n) is 4.17. The molecule has 0 unspecified atom stereocenters. The number of nitrogens with zero attached hydrogens (tertiary/aromatic N) is 3. The van der Waals surface area contributed by atoms with Crippen LogP contribution in [0.2, 0.25) is 0 Å². The molecule has 5 rings (SSSR count). The highest BCUT2D eigenvalue weighted by Crippen LogP contribution is 2.35. The summed E-state index contributed by atoms with van der Waals surface area (Å²) in [5, 5.41) is 3.59.